The second kappa shape index (κ2) is 6.40. The molecule has 1 saturated carbocycles. The summed E-state index contributed by atoms with van der Waals surface area (Å²) < 4.78 is 77.2. The van der Waals surface area contributed by atoms with Crippen LogP contribution in [0.3, 0.4) is 0 Å². The highest BCUT2D eigenvalue weighted by atomic mass is 19.4. The predicted molar refractivity (Wildman–Crippen MR) is 61.3 cm³/mol. The Morgan fingerprint density at radius 3 is 2.10 bits per heavy atom. The molecule has 0 aliphatic heterocycles. The molecular weight excluding hydrogens is 302 g/mol. The van der Waals surface area contributed by atoms with E-state index in [1.807, 2.05) is 6.07 Å². The van der Waals surface area contributed by atoms with E-state index in [2.05, 4.69) is 10.1 Å². The lowest BCUT2D eigenvalue weighted by atomic mass is 9.98. The zero-order valence-corrected chi connectivity index (χ0v) is 11.3. The van der Waals surface area contributed by atoms with Crippen LogP contribution in [-0.2, 0) is 4.74 Å². The Morgan fingerprint density at radius 2 is 1.71 bits per heavy atom. The first-order valence-electron chi connectivity index (χ1n) is 6.42. The first-order chi connectivity index (χ1) is 9.48. The van der Waals surface area contributed by atoms with Gasteiger partial charge in [0.1, 0.15) is 5.54 Å². The molecular formula is C12H16F6N2O. The average molecular weight is 318 g/mol. The third kappa shape index (κ3) is 6.09. The molecule has 0 spiro atoms. The molecule has 0 saturated heterocycles. The fourth-order valence-electron chi connectivity index (χ4n) is 1.84. The van der Waals surface area contributed by atoms with Gasteiger partial charge in [-0.1, -0.05) is 0 Å². The number of rotatable bonds is 7. The SMILES string of the molecule is CC(C#N)(CCCOC(C(F)(F)F)C(F)(F)F)NC1CC1. The van der Waals surface area contributed by atoms with E-state index in [9.17, 15) is 26.3 Å². The van der Waals surface area contributed by atoms with Crippen molar-refractivity contribution in [3.05, 3.63) is 0 Å². The fraction of sp³-hybridized carbons (Fsp3) is 0.917. The Hall–Kier alpha value is -1.01. The van der Waals surface area contributed by atoms with Gasteiger partial charge in [-0.15, -0.1) is 0 Å². The molecule has 0 radical (unpaired) electrons. The molecule has 1 rings (SSSR count). The second-order valence-corrected chi connectivity index (χ2v) is 5.30. The fourth-order valence-corrected chi connectivity index (χ4v) is 1.84. The summed E-state index contributed by atoms with van der Waals surface area (Å²) in [6.45, 7) is 0.851. The van der Waals surface area contributed by atoms with E-state index in [0.717, 1.165) is 12.8 Å². The highest BCUT2D eigenvalue weighted by Gasteiger charge is 2.57. The molecule has 1 aliphatic carbocycles. The summed E-state index contributed by atoms with van der Waals surface area (Å²) in [6.07, 6.45) is -12.9. The van der Waals surface area contributed by atoms with Crippen molar-refractivity contribution in [2.45, 2.75) is 62.6 Å². The Morgan fingerprint density at radius 1 is 1.19 bits per heavy atom. The molecule has 1 atom stereocenters. The van der Waals surface area contributed by atoms with Gasteiger partial charge in [0.2, 0.25) is 6.10 Å². The maximum absolute atomic E-state index is 12.2. The van der Waals surface area contributed by atoms with Gasteiger partial charge >= 0.3 is 12.4 Å². The van der Waals surface area contributed by atoms with Crippen LogP contribution in [0.1, 0.15) is 32.6 Å². The molecule has 1 aliphatic rings. The van der Waals surface area contributed by atoms with Gasteiger partial charge in [-0.3, -0.25) is 5.32 Å². The number of nitrogens with zero attached hydrogens (tertiary/aromatic N) is 1. The smallest absolute Gasteiger partial charge is 0.361 e. The summed E-state index contributed by atoms with van der Waals surface area (Å²) in [5.74, 6) is 0. The van der Waals surface area contributed by atoms with E-state index < -0.39 is 30.6 Å². The lowest BCUT2D eigenvalue weighted by Gasteiger charge is -2.25. The van der Waals surface area contributed by atoms with Gasteiger partial charge in [-0.25, -0.2) is 0 Å². The zero-order valence-electron chi connectivity index (χ0n) is 11.3. The van der Waals surface area contributed by atoms with E-state index in [1.54, 1.807) is 6.92 Å². The van der Waals surface area contributed by atoms with Crippen molar-refractivity contribution < 1.29 is 31.1 Å². The predicted octanol–water partition coefficient (Wildman–Crippen LogP) is 3.31. The van der Waals surface area contributed by atoms with Crippen molar-refractivity contribution in [3.63, 3.8) is 0 Å². The Kier molecular flexibility index (Phi) is 5.50. The van der Waals surface area contributed by atoms with Gasteiger partial charge in [-0.2, -0.15) is 31.6 Å². The van der Waals surface area contributed by atoms with Crippen LogP contribution in [0.2, 0.25) is 0 Å². The molecule has 0 aromatic rings. The number of halogens is 6. The first kappa shape index (κ1) is 18.0. The Bertz CT molecular complexity index is 371. The minimum Gasteiger partial charge on any atom is -0.361 e. The highest BCUT2D eigenvalue weighted by Crippen LogP contribution is 2.35. The third-order valence-electron chi connectivity index (χ3n) is 3.05. The first-order valence-corrected chi connectivity index (χ1v) is 6.42. The number of hydrogen-bond acceptors (Lipinski definition) is 3. The van der Waals surface area contributed by atoms with Crippen molar-refractivity contribution in [2.24, 2.45) is 0 Å². The van der Waals surface area contributed by atoms with Crippen LogP contribution < -0.4 is 5.32 Å². The van der Waals surface area contributed by atoms with Gasteiger partial charge in [0, 0.05) is 12.6 Å². The molecule has 122 valence electrons. The van der Waals surface area contributed by atoms with Gasteiger partial charge in [-0.05, 0) is 32.6 Å². The molecule has 0 heterocycles. The molecule has 9 heteroatoms. The van der Waals surface area contributed by atoms with Crippen LogP contribution >= 0.6 is 0 Å². The molecule has 1 unspecified atom stereocenters. The summed E-state index contributed by atoms with van der Waals surface area (Å²) in [5, 5.41) is 12.0. The maximum atomic E-state index is 12.2. The van der Waals surface area contributed by atoms with Crippen LogP contribution in [0, 0.1) is 11.3 Å². The van der Waals surface area contributed by atoms with Gasteiger partial charge < -0.3 is 4.74 Å². The topological polar surface area (TPSA) is 45.0 Å². The summed E-state index contributed by atoms with van der Waals surface area (Å²) >= 11 is 0. The third-order valence-corrected chi connectivity index (χ3v) is 3.05. The van der Waals surface area contributed by atoms with Crippen molar-refractivity contribution in [1.29, 1.82) is 5.26 Å². The molecule has 1 N–H and O–H groups in total. The monoisotopic (exact) mass is 318 g/mol. The average Bonchev–Trinajstić information content (AvgIpc) is 3.09. The molecule has 0 amide bonds. The maximum Gasteiger partial charge on any atom is 0.423 e. The van der Waals surface area contributed by atoms with Crippen LogP contribution in [-0.4, -0.2) is 36.6 Å². The Balaban J connectivity index is 2.42. The Labute approximate surface area is 118 Å². The molecule has 3 nitrogen and oxygen atoms in total. The molecule has 21 heavy (non-hydrogen) atoms. The zero-order chi connectivity index (χ0) is 16.3. The quantitative estimate of drug-likeness (QED) is 0.578. The van der Waals surface area contributed by atoms with Gasteiger partial charge in [0.05, 0.1) is 6.07 Å². The minimum absolute atomic E-state index is 0.0769. The van der Waals surface area contributed by atoms with Crippen molar-refractivity contribution >= 4 is 0 Å². The lowest BCUT2D eigenvalue weighted by Crippen LogP contribution is -2.45. The summed E-state index contributed by atoms with van der Waals surface area (Å²) in [4.78, 5) is 0. The standard InChI is InChI=1S/C12H16F6N2O/c1-10(7-19,20-8-3-4-8)5-2-6-21-9(11(13,14)15)12(16,17)18/h8-9,20H,2-6H2,1H3. The van der Waals surface area contributed by atoms with Crippen LogP contribution in [0.25, 0.3) is 0 Å². The van der Waals surface area contributed by atoms with Crippen LogP contribution in [0.5, 0.6) is 0 Å². The molecule has 0 aromatic carbocycles. The number of hydrogen-bond donors (Lipinski definition) is 1. The van der Waals surface area contributed by atoms with Crippen molar-refractivity contribution in [2.75, 3.05) is 6.61 Å². The number of nitriles is 1. The van der Waals surface area contributed by atoms with Crippen LogP contribution in [0.4, 0.5) is 26.3 Å². The van der Waals surface area contributed by atoms with E-state index in [4.69, 9.17) is 5.26 Å². The molecule has 0 aromatic heterocycles. The number of nitrogens with one attached hydrogen (secondary N) is 1. The van der Waals surface area contributed by atoms with E-state index in [0.29, 0.717) is 0 Å². The summed E-state index contributed by atoms with van der Waals surface area (Å²) in [6, 6.07) is 2.19. The van der Waals surface area contributed by atoms with Crippen molar-refractivity contribution in [1.82, 2.24) is 5.32 Å². The van der Waals surface area contributed by atoms with Gasteiger partial charge in [0.25, 0.3) is 0 Å². The summed E-state index contributed by atoms with van der Waals surface area (Å²) in [7, 11) is 0. The highest BCUT2D eigenvalue weighted by molar-refractivity contribution is 5.06. The largest absolute Gasteiger partial charge is 0.423 e. The number of alkyl halides is 6. The van der Waals surface area contributed by atoms with Crippen LogP contribution in [0.15, 0.2) is 0 Å². The van der Waals surface area contributed by atoms with Gasteiger partial charge in [0.15, 0.2) is 0 Å². The normalized spacial score (nSPS) is 19.4. The van der Waals surface area contributed by atoms with Crippen molar-refractivity contribution in [3.8, 4) is 6.07 Å². The number of ether oxygens (including phenoxy) is 1. The summed E-state index contributed by atoms with van der Waals surface area (Å²) in [5.41, 5.74) is -0.962. The lowest BCUT2D eigenvalue weighted by molar-refractivity contribution is -0.321. The van der Waals surface area contributed by atoms with E-state index in [-0.39, 0.29) is 18.9 Å². The minimum atomic E-state index is -5.50. The molecule has 1 fully saturated rings. The molecule has 0 bridgehead atoms. The van der Waals surface area contributed by atoms with E-state index in [1.165, 1.54) is 0 Å². The van der Waals surface area contributed by atoms with E-state index >= 15 is 0 Å². The second-order valence-electron chi connectivity index (χ2n) is 5.30.